The highest BCUT2D eigenvalue weighted by molar-refractivity contribution is 6.09. The molecule has 38 heavy (non-hydrogen) atoms. The summed E-state index contributed by atoms with van der Waals surface area (Å²) < 4.78 is 11.2. The molecule has 8 heteroatoms. The van der Waals surface area contributed by atoms with Gasteiger partial charge in [-0.1, -0.05) is 65.8 Å². The molecule has 2 N–H and O–H groups in total. The molecule has 1 aliphatic rings. The Morgan fingerprint density at radius 3 is 2.45 bits per heavy atom. The minimum absolute atomic E-state index is 0.0142. The van der Waals surface area contributed by atoms with Gasteiger partial charge in [-0.2, -0.15) is 0 Å². The fourth-order valence-electron chi connectivity index (χ4n) is 4.81. The maximum Gasteiger partial charge on any atom is 0.412 e. The Labute approximate surface area is 219 Å². The van der Waals surface area contributed by atoms with Crippen molar-refractivity contribution in [2.24, 2.45) is 0 Å². The second-order valence-corrected chi connectivity index (χ2v) is 9.26. The molecule has 0 aliphatic heterocycles. The number of fused-ring (bicyclic) bond motifs is 1. The van der Waals surface area contributed by atoms with E-state index in [9.17, 15) is 14.4 Å². The lowest BCUT2D eigenvalue weighted by Crippen LogP contribution is -2.16. The second kappa shape index (κ2) is 10.3. The summed E-state index contributed by atoms with van der Waals surface area (Å²) >= 11 is 0. The number of ether oxygens (including phenoxy) is 1. The summed E-state index contributed by atoms with van der Waals surface area (Å²) in [4.78, 5) is 36.8. The molecular formula is C30H26N2O6. The quantitative estimate of drug-likeness (QED) is 0.296. The van der Waals surface area contributed by atoms with Gasteiger partial charge in [0.05, 0.1) is 6.42 Å². The van der Waals surface area contributed by atoms with Crippen molar-refractivity contribution in [1.29, 1.82) is 0 Å². The summed E-state index contributed by atoms with van der Waals surface area (Å²) in [6, 6.07) is 20.4. The van der Waals surface area contributed by atoms with Crippen molar-refractivity contribution >= 4 is 23.5 Å². The van der Waals surface area contributed by atoms with Crippen LogP contribution in [0, 0.1) is 6.92 Å². The van der Waals surface area contributed by atoms with E-state index in [0.29, 0.717) is 46.7 Å². The molecule has 4 aromatic rings. The number of aromatic nitrogens is 1. The van der Waals surface area contributed by atoms with E-state index < -0.39 is 18.2 Å². The third-order valence-electron chi connectivity index (χ3n) is 6.70. The number of amides is 1. The molecule has 3 aromatic carbocycles. The third-order valence-corrected chi connectivity index (χ3v) is 6.70. The Bertz CT molecular complexity index is 1520. The van der Waals surface area contributed by atoms with Crippen LogP contribution in [-0.2, 0) is 22.4 Å². The zero-order chi connectivity index (χ0) is 26.8. The molecule has 0 saturated heterocycles. The van der Waals surface area contributed by atoms with Gasteiger partial charge in [0.25, 0.3) is 0 Å². The Hall–Kier alpha value is -4.72. The van der Waals surface area contributed by atoms with Gasteiger partial charge in [-0.25, -0.2) is 4.79 Å². The van der Waals surface area contributed by atoms with Gasteiger partial charge in [-0.15, -0.1) is 0 Å². The second-order valence-electron chi connectivity index (χ2n) is 9.26. The summed E-state index contributed by atoms with van der Waals surface area (Å²) in [7, 11) is 0. The van der Waals surface area contributed by atoms with Gasteiger partial charge in [0.15, 0.2) is 11.5 Å². The molecule has 0 spiro atoms. The maximum absolute atomic E-state index is 13.0. The van der Waals surface area contributed by atoms with Crippen molar-refractivity contribution in [3.05, 3.63) is 94.7 Å². The molecule has 0 fully saturated rings. The SMILES string of the molecule is Cc1noc(-c2ccc(-c3ccc(CC(=O)O)cc3)c3c2C(=O)CC3)c1NC(=O)OC(C)c1ccccc1. The first-order chi connectivity index (χ1) is 18.3. The van der Waals surface area contributed by atoms with E-state index in [2.05, 4.69) is 10.5 Å². The molecule has 1 heterocycles. The highest BCUT2D eigenvalue weighted by atomic mass is 16.6. The normalized spacial score (nSPS) is 13.2. The highest BCUT2D eigenvalue weighted by Crippen LogP contribution is 2.42. The van der Waals surface area contributed by atoms with Crippen LogP contribution in [0.1, 0.15) is 52.2 Å². The lowest BCUT2D eigenvalue weighted by molar-refractivity contribution is -0.136. The van der Waals surface area contributed by atoms with Gasteiger partial charge >= 0.3 is 12.1 Å². The first-order valence-electron chi connectivity index (χ1n) is 12.3. The zero-order valence-corrected chi connectivity index (χ0v) is 21.0. The standard InChI is InChI=1S/C30H26N2O6/c1-17-28(31-30(36)37-18(2)20-6-4-3-5-7-20)29(38-32-17)24-13-12-22(23-14-15-25(33)27(23)24)21-10-8-19(9-11-21)16-26(34)35/h3-13,18H,14-16H2,1-2H3,(H,31,36)(H,34,35). The van der Waals surface area contributed by atoms with Crippen molar-refractivity contribution in [3.8, 4) is 22.5 Å². The third kappa shape index (κ3) is 4.93. The smallest absolute Gasteiger partial charge is 0.412 e. The number of hydrogen-bond donors (Lipinski definition) is 2. The number of carbonyl (C=O) groups excluding carboxylic acids is 2. The van der Waals surface area contributed by atoms with Crippen LogP contribution in [-0.4, -0.2) is 28.1 Å². The molecule has 0 bridgehead atoms. The maximum atomic E-state index is 13.0. The Morgan fingerprint density at radius 2 is 1.74 bits per heavy atom. The number of carbonyl (C=O) groups is 3. The average molecular weight is 511 g/mol. The average Bonchev–Trinajstić information content (AvgIpc) is 3.47. The molecule has 5 rings (SSSR count). The number of ketones is 1. The fourth-order valence-corrected chi connectivity index (χ4v) is 4.81. The number of aliphatic carboxylic acids is 1. The van der Waals surface area contributed by atoms with E-state index in [-0.39, 0.29) is 12.2 Å². The predicted molar refractivity (Wildman–Crippen MR) is 141 cm³/mol. The van der Waals surface area contributed by atoms with Gasteiger partial charge in [0.1, 0.15) is 17.5 Å². The van der Waals surface area contributed by atoms with E-state index in [1.165, 1.54) is 0 Å². The number of aryl methyl sites for hydroxylation is 1. The number of hydrogen-bond acceptors (Lipinski definition) is 6. The van der Waals surface area contributed by atoms with E-state index in [1.807, 2.05) is 48.5 Å². The number of benzene rings is 3. The van der Waals surface area contributed by atoms with E-state index in [0.717, 1.165) is 22.3 Å². The van der Waals surface area contributed by atoms with Crippen molar-refractivity contribution in [2.45, 2.75) is 39.2 Å². The number of rotatable bonds is 7. The molecule has 1 aromatic heterocycles. The van der Waals surface area contributed by atoms with Crippen LogP contribution in [0.25, 0.3) is 22.5 Å². The summed E-state index contributed by atoms with van der Waals surface area (Å²) in [5.74, 6) is -0.611. The van der Waals surface area contributed by atoms with Crippen LogP contribution in [0.2, 0.25) is 0 Å². The van der Waals surface area contributed by atoms with Crippen molar-refractivity contribution in [1.82, 2.24) is 5.16 Å². The Kier molecular flexibility index (Phi) is 6.79. The molecule has 1 unspecified atom stereocenters. The number of carboxylic acids is 1. The Morgan fingerprint density at radius 1 is 1.03 bits per heavy atom. The van der Waals surface area contributed by atoms with Crippen molar-refractivity contribution in [3.63, 3.8) is 0 Å². The predicted octanol–water partition coefficient (Wildman–Crippen LogP) is 6.38. The van der Waals surface area contributed by atoms with Crippen LogP contribution in [0.5, 0.6) is 0 Å². The molecule has 1 amide bonds. The number of Topliss-reactive ketones (excluding diaryl/α,β-unsaturated/α-hetero) is 1. The van der Waals surface area contributed by atoms with Crippen molar-refractivity contribution < 1.29 is 28.8 Å². The molecule has 192 valence electrons. The topological polar surface area (TPSA) is 119 Å². The van der Waals surface area contributed by atoms with Gasteiger partial charge in [-0.3, -0.25) is 14.9 Å². The highest BCUT2D eigenvalue weighted by Gasteiger charge is 2.30. The minimum Gasteiger partial charge on any atom is -0.481 e. The van der Waals surface area contributed by atoms with Crippen molar-refractivity contribution in [2.75, 3.05) is 5.32 Å². The Balaban J connectivity index is 1.45. The van der Waals surface area contributed by atoms with Crippen LogP contribution in [0.15, 0.2) is 71.3 Å². The number of anilines is 1. The van der Waals surface area contributed by atoms with Crippen LogP contribution < -0.4 is 5.32 Å². The molecule has 0 radical (unpaired) electrons. The monoisotopic (exact) mass is 510 g/mol. The van der Waals surface area contributed by atoms with Crippen LogP contribution in [0.3, 0.4) is 0 Å². The number of carboxylic acid groups (broad SMARTS) is 1. The van der Waals surface area contributed by atoms with E-state index in [4.69, 9.17) is 14.4 Å². The van der Waals surface area contributed by atoms with Gasteiger partial charge in [-0.05, 0) is 54.2 Å². The van der Waals surface area contributed by atoms with E-state index in [1.54, 1.807) is 32.0 Å². The lowest BCUT2D eigenvalue weighted by Gasteiger charge is -2.15. The summed E-state index contributed by atoms with van der Waals surface area (Å²) in [5, 5.41) is 15.8. The summed E-state index contributed by atoms with van der Waals surface area (Å²) in [6.45, 7) is 3.49. The van der Waals surface area contributed by atoms with Crippen LogP contribution >= 0.6 is 0 Å². The number of nitrogens with zero attached hydrogens (tertiary/aromatic N) is 1. The fraction of sp³-hybridized carbons (Fsp3) is 0.200. The van der Waals surface area contributed by atoms with Gasteiger partial charge < -0.3 is 14.4 Å². The molecule has 0 saturated carbocycles. The zero-order valence-electron chi connectivity index (χ0n) is 21.0. The number of nitrogens with one attached hydrogen (secondary N) is 1. The van der Waals surface area contributed by atoms with Gasteiger partial charge in [0.2, 0.25) is 0 Å². The minimum atomic E-state index is -0.890. The van der Waals surface area contributed by atoms with Crippen LogP contribution in [0.4, 0.5) is 10.5 Å². The first kappa shape index (κ1) is 25.0. The molecular weight excluding hydrogens is 484 g/mol. The summed E-state index contributed by atoms with van der Waals surface area (Å²) in [5.41, 5.74) is 6.15. The lowest BCUT2D eigenvalue weighted by atomic mass is 9.91. The molecule has 1 aliphatic carbocycles. The van der Waals surface area contributed by atoms with E-state index >= 15 is 0 Å². The largest absolute Gasteiger partial charge is 0.481 e. The van der Waals surface area contributed by atoms with Gasteiger partial charge in [0, 0.05) is 17.5 Å². The molecule has 8 nitrogen and oxygen atoms in total. The summed E-state index contributed by atoms with van der Waals surface area (Å²) in [6.07, 6.45) is -0.242. The first-order valence-corrected chi connectivity index (χ1v) is 12.3. The molecule has 1 atom stereocenters.